The molecule has 24 heavy (non-hydrogen) atoms. The molecule has 1 amide bonds. The molecule has 0 fully saturated rings. The molecule has 2 atom stereocenters. The first kappa shape index (κ1) is 17.7. The van der Waals surface area contributed by atoms with E-state index < -0.39 is 24.0 Å². The number of benzene rings is 1. The van der Waals surface area contributed by atoms with E-state index in [4.69, 9.17) is 9.47 Å². The number of carbonyl (C=O) groups is 3. The number of nitrogens with zero attached hydrogens (tertiary/aromatic N) is 1. The van der Waals surface area contributed by atoms with Crippen LogP contribution in [0, 0.1) is 5.92 Å². The Kier molecular flexibility index (Phi) is 5.73. The molecule has 0 aliphatic carbocycles. The fourth-order valence-corrected chi connectivity index (χ4v) is 2.75. The normalized spacial score (nSPS) is 17.0. The van der Waals surface area contributed by atoms with Crippen LogP contribution in [0.4, 0.5) is 10.5 Å². The quantitative estimate of drug-likeness (QED) is 0.613. The molecule has 0 bridgehead atoms. The van der Waals surface area contributed by atoms with Gasteiger partial charge < -0.3 is 9.47 Å². The maximum absolute atomic E-state index is 12.5. The summed E-state index contributed by atoms with van der Waals surface area (Å²) in [4.78, 5) is 38.2. The van der Waals surface area contributed by atoms with Crippen LogP contribution in [0.15, 0.2) is 30.3 Å². The van der Waals surface area contributed by atoms with Crippen LogP contribution in [0.3, 0.4) is 0 Å². The van der Waals surface area contributed by atoms with E-state index in [9.17, 15) is 14.4 Å². The summed E-state index contributed by atoms with van der Waals surface area (Å²) in [5.74, 6) is -2.11. The topological polar surface area (TPSA) is 72.9 Å². The molecular formula is C18H21NO5. The zero-order valence-corrected chi connectivity index (χ0v) is 14.0. The van der Waals surface area contributed by atoms with Crippen molar-refractivity contribution in [1.82, 2.24) is 0 Å². The molecule has 6 heteroatoms. The van der Waals surface area contributed by atoms with E-state index in [1.54, 1.807) is 38.1 Å². The molecule has 1 aromatic rings. The van der Waals surface area contributed by atoms with Gasteiger partial charge in [-0.1, -0.05) is 30.4 Å². The number of hydrogen-bond acceptors (Lipinski definition) is 5. The van der Waals surface area contributed by atoms with E-state index in [1.807, 2.05) is 12.1 Å². The van der Waals surface area contributed by atoms with Gasteiger partial charge in [0.1, 0.15) is 11.7 Å². The molecular weight excluding hydrogens is 310 g/mol. The van der Waals surface area contributed by atoms with Crippen molar-refractivity contribution in [3.8, 4) is 0 Å². The summed E-state index contributed by atoms with van der Waals surface area (Å²) in [7, 11) is 0. The predicted molar refractivity (Wildman–Crippen MR) is 89.6 cm³/mol. The van der Waals surface area contributed by atoms with Crippen LogP contribution in [-0.4, -0.2) is 37.1 Å². The Labute approximate surface area is 141 Å². The fraction of sp³-hybridized carbons (Fsp3) is 0.389. The number of anilines is 1. The molecule has 1 aliphatic rings. The Morgan fingerprint density at radius 3 is 2.42 bits per heavy atom. The number of carbonyl (C=O) groups excluding carboxylic acids is 3. The summed E-state index contributed by atoms with van der Waals surface area (Å²) in [6.07, 6.45) is 2.86. The highest BCUT2D eigenvalue weighted by molar-refractivity contribution is 6.03. The van der Waals surface area contributed by atoms with Crippen LogP contribution in [-0.2, 0) is 19.1 Å². The lowest BCUT2D eigenvalue weighted by Gasteiger charge is -2.35. The Balaban J connectivity index is 2.48. The van der Waals surface area contributed by atoms with E-state index in [-0.39, 0.29) is 19.0 Å². The summed E-state index contributed by atoms with van der Waals surface area (Å²) in [6, 6.07) is 6.46. The maximum Gasteiger partial charge on any atom is 0.414 e. The van der Waals surface area contributed by atoms with Gasteiger partial charge in [0.25, 0.3) is 0 Å². The first-order valence-electron chi connectivity index (χ1n) is 7.91. The van der Waals surface area contributed by atoms with Crippen molar-refractivity contribution in [2.45, 2.75) is 26.8 Å². The number of para-hydroxylation sites is 1. The van der Waals surface area contributed by atoms with Gasteiger partial charge in [0, 0.05) is 0 Å². The number of Topliss-reactive ketones (excluding diaryl/α,β-unsaturated/α-hetero) is 1. The highest BCUT2D eigenvalue weighted by Gasteiger charge is 2.41. The van der Waals surface area contributed by atoms with Crippen LogP contribution < -0.4 is 4.90 Å². The Morgan fingerprint density at radius 2 is 1.79 bits per heavy atom. The minimum atomic E-state index is -1.10. The van der Waals surface area contributed by atoms with Crippen LogP contribution in [0.1, 0.15) is 26.3 Å². The number of rotatable bonds is 5. The van der Waals surface area contributed by atoms with Crippen molar-refractivity contribution < 1.29 is 23.9 Å². The smallest absolute Gasteiger partial charge is 0.414 e. The largest absolute Gasteiger partial charge is 0.465 e. The number of fused-ring (bicyclic) bond motifs is 1. The average Bonchev–Trinajstić information content (AvgIpc) is 2.54. The highest BCUT2D eigenvalue weighted by Crippen LogP contribution is 2.33. The van der Waals surface area contributed by atoms with E-state index in [1.165, 1.54) is 11.8 Å². The Hall–Kier alpha value is -2.63. The Morgan fingerprint density at radius 1 is 1.12 bits per heavy atom. The summed E-state index contributed by atoms with van der Waals surface area (Å²) in [5, 5.41) is 0. The molecule has 0 N–H and O–H groups in total. The highest BCUT2D eigenvalue weighted by atomic mass is 16.6. The molecule has 128 valence electrons. The van der Waals surface area contributed by atoms with Gasteiger partial charge >= 0.3 is 12.1 Å². The third kappa shape index (κ3) is 3.48. The summed E-state index contributed by atoms with van der Waals surface area (Å²) in [6.45, 7) is 5.04. The number of esters is 1. The molecule has 0 saturated heterocycles. The second-order valence-electron chi connectivity index (χ2n) is 5.32. The first-order valence-corrected chi connectivity index (χ1v) is 7.91. The van der Waals surface area contributed by atoms with Crippen molar-refractivity contribution >= 4 is 29.6 Å². The molecule has 1 aromatic carbocycles. The molecule has 2 rings (SSSR count). The predicted octanol–water partition coefficient (Wildman–Crippen LogP) is 2.81. The third-order valence-electron chi connectivity index (χ3n) is 3.75. The van der Waals surface area contributed by atoms with Crippen molar-refractivity contribution in [2.75, 3.05) is 18.1 Å². The molecule has 1 heterocycles. The molecule has 1 aliphatic heterocycles. The minimum absolute atomic E-state index is 0.162. The van der Waals surface area contributed by atoms with Gasteiger partial charge in [0.2, 0.25) is 0 Å². The summed E-state index contributed by atoms with van der Waals surface area (Å²) < 4.78 is 10.1. The van der Waals surface area contributed by atoms with Gasteiger partial charge in [-0.15, -0.1) is 0 Å². The SMILES string of the molecule is CCOC(=O)C(C(C)=O)C1C=Cc2ccccc2N1C(=O)OCC. The summed E-state index contributed by atoms with van der Waals surface area (Å²) >= 11 is 0. The number of ketones is 1. The number of ether oxygens (including phenoxy) is 2. The van der Waals surface area contributed by atoms with E-state index in [2.05, 4.69) is 0 Å². The zero-order valence-electron chi connectivity index (χ0n) is 14.0. The van der Waals surface area contributed by atoms with Gasteiger partial charge in [-0.2, -0.15) is 0 Å². The molecule has 0 spiro atoms. The molecule has 0 aromatic heterocycles. The van der Waals surface area contributed by atoms with Gasteiger partial charge in [-0.25, -0.2) is 4.79 Å². The second kappa shape index (κ2) is 7.77. The zero-order chi connectivity index (χ0) is 17.7. The standard InChI is InChI=1S/C18H21NO5/c1-4-23-17(21)16(12(3)20)15-11-10-13-8-6-7-9-14(13)19(15)18(22)24-5-2/h6-11,15-16H,4-5H2,1-3H3. The van der Waals surface area contributed by atoms with Gasteiger partial charge in [-0.05, 0) is 32.4 Å². The molecule has 2 unspecified atom stereocenters. The van der Waals surface area contributed by atoms with Crippen molar-refractivity contribution in [2.24, 2.45) is 5.92 Å². The lowest BCUT2D eigenvalue weighted by molar-refractivity contribution is -0.151. The van der Waals surface area contributed by atoms with Crippen LogP contribution in [0.2, 0.25) is 0 Å². The maximum atomic E-state index is 12.5. The first-order chi connectivity index (χ1) is 11.5. The Bertz CT molecular complexity index is 667. The minimum Gasteiger partial charge on any atom is -0.465 e. The third-order valence-corrected chi connectivity index (χ3v) is 3.75. The van der Waals surface area contributed by atoms with Crippen LogP contribution >= 0.6 is 0 Å². The molecule has 0 saturated carbocycles. The van der Waals surface area contributed by atoms with E-state index in [0.29, 0.717) is 5.69 Å². The average molecular weight is 331 g/mol. The lowest BCUT2D eigenvalue weighted by atomic mass is 9.90. The van der Waals surface area contributed by atoms with Crippen molar-refractivity contribution in [3.05, 3.63) is 35.9 Å². The number of hydrogen-bond donors (Lipinski definition) is 0. The van der Waals surface area contributed by atoms with Crippen molar-refractivity contribution in [1.29, 1.82) is 0 Å². The van der Waals surface area contributed by atoms with Gasteiger partial charge in [0.15, 0.2) is 0 Å². The fourth-order valence-electron chi connectivity index (χ4n) is 2.75. The van der Waals surface area contributed by atoms with Crippen LogP contribution in [0.5, 0.6) is 0 Å². The summed E-state index contributed by atoms with van der Waals surface area (Å²) in [5.41, 5.74) is 1.41. The monoisotopic (exact) mass is 331 g/mol. The van der Waals surface area contributed by atoms with Crippen molar-refractivity contribution in [3.63, 3.8) is 0 Å². The van der Waals surface area contributed by atoms with E-state index >= 15 is 0 Å². The lowest BCUT2D eigenvalue weighted by Crippen LogP contribution is -2.50. The molecule has 0 radical (unpaired) electrons. The molecule has 6 nitrogen and oxygen atoms in total. The number of amides is 1. The second-order valence-corrected chi connectivity index (χ2v) is 5.32. The van der Waals surface area contributed by atoms with Gasteiger partial charge in [0.05, 0.1) is 24.9 Å². The van der Waals surface area contributed by atoms with E-state index in [0.717, 1.165) is 5.56 Å². The van der Waals surface area contributed by atoms with Crippen LogP contribution in [0.25, 0.3) is 6.08 Å². The van der Waals surface area contributed by atoms with Gasteiger partial charge in [-0.3, -0.25) is 14.5 Å².